The molecule has 6 nitrogen and oxygen atoms in total. The molecule has 3 unspecified atom stereocenters. The molecule has 28 heavy (non-hydrogen) atoms. The van der Waals surface area contributed by atoms with Crippen molar-refractivity contribution in [3.8, 4) is 0 Å². The van der Waals surface area contributed by atoms with Gasteiger partial charge in [0.1, 0.15) is 11.6 Å². The van der Waals surface area contributed by atoms with E-state index in [1.54, 1.807) is 18.4 Å². The van der Waals surface area contributed by atoms with Gasteiger partial charge in [0.15, 0.2) is 0 Å². The maximum atomic E-state index is 13.2. The van der Waals surface area contributed by atoms with Crippen LogP contribution in [-0.2, 0) is 4.79 Å². The van der Waals surface area contributed by atoms with E-state index in [4.69, 9.17) is 4.42 Å². The number of furan rings is 1. The number of carbonyl (C=O) groups is 1. The van der Waals surface area contributed by atoms with Crippen molar-refractivity contribution >= 4 is 5.91 Å². The zero-order chi connectivity index (χ0) is 19.3. The zero-order valence-electron chi connectivity index (χ0n) is 15.9. The fourth-order valence-electron chi connectivity index (χ4n) is 4.18. The Bertz CT molecular complexity index is 759. The Morgan fingerprint density at radius 2 is 2.00 bits per heavy atom. The monoisotopic (exact) mass is 386 g/mol. The quantitative estimate of drug-likeness (QED) is 0.712. The number of nitrogens with one attached hydrogen (secondary N) is 3. The lowest BCUT2D eigenvalue weighted by molar-refractivity contribution is -0.125. The first-order valence-corrected chi connectivity index (χ1v) is 10.0. The van der Waals surface area contributed by atoms with Crippen LogP contribution in [0.3, 0.4) is 0 Å². The fraction of sp³-hybridized carbons (Fsp3) is 0.476. The Kier molecular flexibility index (Phi) is 6.04. The normalized spacial score (nSPS) is 24.2. The van der Waals surface area contributed by atoms with Crippen LogP contribution in [0.1, 0.15) is 42.7 Å². The number of likely N-dealkylation sites (tertiary alicyclic amines) is 1. The van der Waals surface area contributed by atoms with Crippen molar-refractivity contribution in [1.82, 2.24) is 21.1 Å². The second kappa shape index (κ2) is 8.86. The zero-order valence-corrected chi connectivity index (χ0v) is 15.9. The van der Waals surface area contributed by atoms with Crippen LogP contribution in [-0.4, -0.2) is 37.0 Å². The van der Waals surface area contributed by atoms with Crippen molar-refractivity contribution in [2.45, 2.75) is 31.3 Å². The van der Waals surface area contributed by atoms with Crippen molar-refractivity contribution in [1.29, 1.82) is 0 Å². The van der Waals surface area contributed by atoms with Crippen molar-refractivity contribution < 1.29 is 13.6 Å². The number of hydrogen-bond acceptors (Lipinski definition) is 5. The molecule has 2 aliphatic heterocycles. The summed E-state index contributed by atoms with van der Waals surface area (Å²) < 4.78 is 18.9. The summed E-state index contributed by atoms with van der Waals surface area (Å²) in [6, 6.07) is 10.0. The minimum atomic E-state index is -0.279. The van der Waals surface area contributed by atoms with Gasteiger partial charge in [-0.1, -0.05) is 18.6 Å². The van der Waals surface area contributed by atoms with E-state index in [1.165, 1.54) is 31.4 Å². The molecule has 0 bridgehead atoms. The third kappa shape index (κ3) is 4.27. The molecule has 4 rings (SSSR count). The number of hydrazine groups is 1. The van der Waals surface area contributed by atoms with Crippen LogP contribution in [0.25, 0.3) is 0 Å². The van der Waals surface area contributed by atoms with Crippen LogP contribution in [0.5, 0.6) is 0 Å². The number of nitrogens with zero attached hydrogens (tertiary/aromatic N) is 1. The van der Waals surface area contributed by atoms with Crippen LogP contribution in [0, 0.1) is 11.7 Å². The number of halogens is 1. The SMILES string of the molecule is O=C(NCC(c1ccco1)N1CCCCC1)C1CNNC1c1ccc(F)cc1. The Labute approximate surface area is 164 Å². The molecule has 2 aromatic rings. The number of amides is 1. The van der Waals surface area contributed by atoms with Crippen LogP contribution in [0.15, 0.2) is 47.1 Å². The van der Waals surface area contributed by atoms with Gasteiger partial charge in [-0.15, -0.1) is 0 Å². The first kappa shape index (κ1) is 19.1. The lowest BCUT2D eigenvalue weighted by atomic mass is 9.94. The number of carbonyl (C=O) groups excluding carboxylic acids is 1. The van der Waals surface area contributed by atoms with E-state index >= 15 is 0 Å². The third-order valence-electron chi connectivity index (χ3n) is 5.72. The van der Waals surface area contributed by atoms with E-state index in [-0.39, 0.29) is 29.7 Å². The molecule has 2 aliphatic rings. The summed E-state index contributed by atoms with van der Waals surface area (Å²) >= 11 is 0. The van der Waals surface area contributed by atoms with E-state index in [1.807, 2.05) is 12.1 Å². The molecule has 150 valence electrons. The van der Waals surface area contributed by atoms with Crippen molar-refractivity contribution in [2.24, 2.45) is 5.92 Å². The van der Waals surface area contributed by atoms with Crippen molar-refractivity contribution in [3.63, 3.8) is 0 Å². The summed E-state index contributed by atoms with van der Waals surface area (Å²) in [4.78, 5) is 15.3. The van der Waals surface area contributed by atoms with Gasteiger partial charge < -0.3 is 9.73 Å². The van der Waals surface area contributed by atoms with E-state index in [0.717, 1.165) is 24.4 Å². The van der Waals surface area contributed by atoms with Gasteiger partial charge >= 0.3 is 0 Å². The molecule has 2 fully saturated rings. The number of rotatable bonds is 6. The van der Waals surface area contributed by atoms with Gasteiger partial charge in [-0.05, 0) is 55.8 Å². The molecule has 1 amide bonds. The topological polar surface area (TPSA) is 69.5 Å². The standard InChI is InChI=1S/C21H27FN4O2/c22-16-8-6-15(7-9-16)20-17(13-24-25-20)21(27)23-14-18(19-5-4-12-28-19)26-10-2-1-3-11-26/h4-9,12,17-18,20,24-25H,1-3,10-11,13-14H2,(H,23,27). The third-order valence-corrected chi connectivity index (χ3v) is 5.72. The summed E-state index contributed by atoms with van der Waals surface area (Å²) in [5, 5.41) is 3.13. The summed E-state index contributed by atoms with van der Waals surface area (Å²) in [6.07, 6.45) is 5.29. The highest BCUT2D eigenvalue weighted by molar-refractivity contribution is 5.80. The minimum absolute atomic E-state index is 0.0135. The predicted molar refractivity (Wildman–Crippen MR) is 104 cm³/mol. The van der Waals surface area contributed by atoms with E-state index in [0.29, 0.717) is 13.1 Å². The lowest BCUT2D eigenvalue weighted by Crippen LogP contribution is -2.43. The van der Waals surface area contributed by atoms with Gasteiger partial charge in [0.2, 0.25) is 5.91 Å². The van der Waals surface area contributed by atoms with Crippen molar-refractivity contribution in [3.05, 3.63) is 59.8 Å². The fourth-order valence-corrected chi connectivity index (χ4v) is 4.18. The molecule has 2 saturated heterocycles. The molecule has 1 aromatic heterocycles. The number of piperidine rings is 1. The number of benzene rings is 1. The second-order valence-corrected chi connectivity index (χ2v) is 7.53. The van der Waals surface area contributed by atoms with E-state index < -0.39 is 0 Å². The maximum Gasteiger partial charge on any atom is 0.226 e. The Morgan fingerprint density at radius 1 is 1.21 bits per heavy atom. The highest BCUT2D eigenvalue weighted by atomic mass is 19.1. The summed E-state index contributed by atoms with van der Waals surface area (Å²) in [7, 11) is 0. The van der Waals surface area contributed by atoms with Crippen LogP contribution in [0.4, 0.5) is 4.39 Å². The van der Waals surface area contributed by atoms with Gasteiger partial charge in [-0.3, -0.25) is 15.1 Å². The average Bonchev–Trinajstić information content (AvgIpc) is 3.42. The summed E-state index contributed by atoms with van der Waals surface area (Å²) in [5.41, 5.74) is 7.09. The molecule has 0 spiro atoms. The minimum Gasteiger partial charge on any atom is -0.468 e. The molecule has 0 radical (unpaired) electrons. The van der Waals surface area contributed by atoms with E-state index in [2.05, 4.69) is 21.1 Å². The predicted octanol–water partition coefficient (Wildman–Crippen LogP) is 2.53. The highest BCUT2D eigenvalue weighted by Gasteiger charge is 2.35. The molecule has 1 aromatic carbocycles. The van der Waals surface area contributed by atoms with E-state index in [9.17, 15) is 9.18 Å². The lowest BCUT2D eigenvalue weighted by Gasteiger charge is -2.33. The van der Waals surface area contributed by atoms with Gasteiger partial charge in [0, 0.05) is 13.1 Å². The van der Waals surface area contributed by atoms with Crippen LogP contribution >= 0.6 is 0 Å². The molecular weight excluding hydrogens is 359 g/mol. The Morgan fingerprint density at radius 3 is 2.71 bits per heavy atom. The maximum absolute atomic E-state index is 13.2. The van der Waals surface area contributed by atoms with Gasteiger partial charge in [-0.2, -0.15) is 0 Å². The molecule has 0 aliphatic carbocycles. The first-order valence-electron chi connectivity index (χ1n) is 10.0. The number of hydrogen-bond donors (Lipinski definition) is 3. The van der Waals surface area contributed by atoms with Crippen molar-refractivity contribution in [2.75, 3.05) is 26.2 Å². The first-order chi connectivity index (χ1) is 13.7. The molecule has 7 heteroatoms. The summed E-state index contributed by atoms with van der Waals surface area (Å²) in [5.74, 6) is 0.336. The largest absolute Gasteiger partial charge is 0.468 e. The highest BCUT2D eigenvalue weighted by Crippen LogP contribution is 2.27. The smallest absolute Gasteiger partial charge is 0.226 e. The molecule has 3 N–H and O–H groups in total. The van der Waals surface area contributed by atoms with Gasteiger partial charge in [-0.25, -0.2) is 9.82 Å². The molecular formula is C21H27FN4O2. The Hall–Kier alpha value is -2.22. The van der Waals surface area contributed by atoms with Gasteiger partial charge in [0.25, 0.3) is 0 Å². The van der Waals surface area contributed by atoms with Gasteiger partial charge in [0.05, 0.1) is 24.3 Å². The van der Waals surface area contributed by atoms with Crippen LogP contribution < -0.4 is 16.2 Å². The molecule has 3 heterocycles. The molecule has 3 atom stereocenters. The summed E-state index contributed by atoms with van der Waals surface area (Å²) in [6.45, 7) is 3.08. The second-order valence-electron chi connectivity index (χ2n) is 7.53. The Balaban J connectivity index is 1.42. The van der Waals surface area contributed by atoms with Crippen LogP contribution in [0.2, 0.25) is 0 Å². The average molecular weight is 386 g/mol. The molecule has 0 saturated carbocycles.